The van der Waals surface area contributed by atoms with Crippen molar-refractivity contribution in [3.05, 3.63) is 11.6 Å². The lowest BCUT2D eigenvalue weighted by atomic mass is 9.33. The normalized spacial score (nSPS) is 55.6. The van der Waals surface area contributed by atoms with E-state index >= 15 is 0 Å². The van der Waals surface area contributed by atoms with Crippen LogP contribution in [0.4, 0.5) is 0 Å². The maximum Gasteiger partial charge on any atom is 0.335 e. The second-order valence-electron chi connectivity index (χ2n) is 25.6. The monoisotopic (exact) mass is 1090 g/mol. The number of carbonyl (C=O) groups is 1. The third-order valence-electron chi connectivity index (χ3n) is 21.4. The summed E-state index contributed by atoms with van der Waals surface area (Å²) in [4.78, 5) is 12.5. The molecule has 0 aromatic rings. The van der Waals surface area contributed by atoms with E-state index in [1.807, 2.05) is 6.92 Å². The highest BCUT2D eigenvalue weighted by Gasteiger charge is 2.70. The van der Waals surface area contributed by atoms with Crippen molar-refractivity contribution in [1.29, 1.82) is 0 Å². The standard InChI is InChI=1S/C53H86O23/c1-23-31(58)34(61)39(66)45(71-23)75-41-32(59)26(57)19-69-46(41)76-42-37(64)36(63)40(43(67)68)74-47(42)73-30-10-11-49(3)28(50(30,4)20-55)9-12-52(6)29(49)8-7-24-25-17-48(2,13-15-53(25,21-56)16-14-51(24,52)5)22-70-44-38(65)35(62)33(60)27(18-54)72-44/h7,23,25-42,44-47,54-66H,8-22H2,1-6H3,(H,67,68)/t23-,25-,26+,27+,28+,29+,30-,31-,32-,33+,34+,35-,36-,37-,38+,39+,40-,41+,42+,44+,45-,46-,47+,48+,49-,50-,51+,52+,53+/m0/s1. The molecule has 4 aliphatic heterocycles. The van der Waals surface area contributed by atoms with Crippen LogP contribution >= 0.6 is 0 Å². The smallest absolute Gasteiger partial charge is 0.335 e. The van der Waals surface area contributed by atoms with Gasteiger partial charge in [0, 0.05) is 17.4 Å². The molecule has 8 fully saturated rings. The highest BCUT2D eigenvalue weighted by molar-refractivity contribution is 5.73. The zero-order valence-electron chi connectivity index (χ0n) is 44.4. The van der Waals surface area contributed by atoms with E-state index in [2.05, 4.69) is 33.8 Å². The van der Waals surface area contributed by atoms with Gasteiger partial charge in [-0.15, -0.1) is 0 Å². The van der Waals surface area contributed by atoms with Crippen LogP contribution in [0.2, 0.25) is 0 Å². The van der Waals surface area contributed by atoms with Crippen LogP contribution in [0.25, 0.3) is 0 Å². The molecule has 23 nitrogen and oxygen atoms in total. The van der Waals surface area contributed by atoms with E-state index in [1.54, 1.807) is 0 Å². The van der Waals surface area contributed by atoms with Gasteiger partial charge in [0.15, 0.2) is 31.3 Å². The molecule has 29 atom stereocenters. The van der Waals surface area contributed by atoms with Crippen LogP contribution in [0, 0.1) is 50.2 Å². The summed E-state index contributed by atoms with van der Waals surface area (Å²) >= 11 is 0. The van der Waals surface area contributed by atoms with Crippen molar-refractivity contribution in [3.8, 4) is 0 Å². The van der Waals surface area contributed by atoms with Crippen molar-refractivity contribution < 1.29 is 114 Å². The lowest BCUT2D eigenvalue weighted by Gasteiger charge is -2.71. The van der Waals surface area contributed by atoms with Crippen molar-refractivity contribution in [2.75, 3.05) is 33.0 Å². The number of hydrogen-bond acceptors (Lipinski definition) is 22. The third kappa shape index (κ3) is 9.56. The summed E-state index contributed by atoms with van der Waals surface area (Å²) in [7, 11) is 0. The average molecular weight is 1090 g/mol. The van der Waals surface area contributed by atoms with Crippen LogP contribution in [-0.4, -0.2) is 233 Å². The molecule has 0 bridgehead atoms. The fourth-order valence-electron chi connectivity index (χ4n) is 16.3. The second-order valence-corrected chi connectivity index (χ2v) is 25.6. The Balaban J connectivity index is 0.952. The molecule has 0 unspecified atom stereocenters. The number of carboxylic acid groups (broad SMARTS) is 1. The van der Waals surface area contributed by atoms with Gasteiger partial charge in [0.2, 0.25) is 0 Å². The van der Waals surface area contributed by atoms with Crippen molar-refractivity contribution in [3.63, 3.8) is 0 Å². The SMILES string of the molecule is C[C@@H]1O[C@@H](O[C@H]2[C@H](O[C@H]3[C@H](O[C@H]4CC[C@@]5(C)[C@@H](CC[C@]6(C)[C@@H]5CC=C5[C@@H]7C[C@](C)(CO[C@@H]8O[C@H](CO)[C@@H](O)[C@H](O)[C@H]8O)CC[C@]7(CO)CC[C@]56C)[C@]4(C)CO)O[C@H](C(=O)O)[C@@H](O)[C@@H]3O)OC[C@@H](O)[C@@H]2O)[C@H](O)[C@H](O)[C@H]1O. The molecule has 436 valence electrons. The third-order valence-corrected chi connectivity index (χ3v) is 21.4. The molecule has 0 spiro atoms. The van der Waals surface area contributed by atoms with E-state index < -0.39 is 153 Å². The van der Waals surface area contributed by atoms with Crippen LogP contribution in [0.5, 0.6) is 0 Å². The molecule has 0 amide bonds. The largest absolute Gasteiger partial charge is 0.479 e. The summed E-state index contributed by atoms with van der Waals surface area (Å²) in [6.45, 7) is 11.3. The summed E-state index contributed by atoms with van der Waals surface area (Å²) in [5, 5.41) is 151. The molecule has 23 heteroatoms. The van der Waals surface area contributed by atoms with Gasteiger partial charge in [-0.1, -0.05) is 46.3 Å². The van der Waals surface area contributed by atoms with E-state index in [9.17, 15) is 76.3 Å². The molecule has 76 heavy (non-hydrogen) atoms. The molecular formula is C53H86O23. The maximum atomic E-state index is 12.5. The Hall–Kier alpha value is -1.63. The highest BCUT2D eigenvalue weighted by Crippen LogP contribution is 2.76. The summed E-state index contributed by atoms with van der Waals surface area (Å²) < 4.78 is 48.0. The molecule has 5 aliphatic carbocycles. The number of fused-ring (bicyclic) bond motifs is 7. The van der Waals surface area contributed by atoms with Gasteiger partial charge in [0.1, 0.15) is 79.4 Å². The Bertz CT molecular complexity index is 2090. The number of hydrogen-bond donors (Lipinski definition) is 14. The number of ether oxygens (including phenoxy) is 8. The Morgan fingerprint density at radius 2 is 1.30 bits per heavy atom. The summed E-state index contributed by atoms with van der Waals surface area (Å²) in [5.74, 6) is -1.62. The van der Waals surface area contributed by atoms with Gasteiger partial charge in [0.05, 0.1) is 38.6 Å². The molecule has 9 rings (SSSR count). The molecule has 0 aromatic carbocycles. The molecule has 0 aromatic heterocycles. The maximum absolute atomic E-state index is 12.5. The van der Waals surface area contributed by atoms with E-state index in [4.69, 9.17) is 37.9 Å². The number of rotatable bonds is 13. The predicted molar refractivity (Wildman–Crippen MR) is 259 cm³/mol. The van der Waals surface area contributed by atoms with Gasteiger partial charge in [0.25, 0.3) is 0 Å². The van der Waals surface area contributed by atoms with E-state index in [0.717, 1.165) is 38.5 Å². The topological polar surface area (TPSA) is 374 Å². The van der Waals surface area contributed by atoms with E-state index in [0.29, 0.717) is 25.7 Å². The summed E-state index contributed by atoms with van der Waals surface area (Å²) in [5.41, 5.74) is -1.32. The molecule has 4 saturated heterocycles. The van der Waals surface area contributed by atoms with Crippen LogP contribution in [0.15, 0.2) is 11.6 Å². The number of allylic oxidation sites excluding steroid dienone is 2. The zero-order chi connectivity index (χ0) is 55.4. The van der Waals surface area contributed by atoms with Gasteiger partial charge < -0.3 is 109 Å². The first-order valence-electron chi connectivity index (χ1n) is 27.4. The molecule has 14 N–H and O–H groups in total. The van der Waals surface area contributed by atoms with E-state index in [1.165, 1.54) is 12.5 Å². The Kier molecular flexibility index (Phi) is 16.8. The number of carboxylic acids is 1. The molecule has 9 aliphatic rings. The molecule has 4 heterocycles. The van der Waals surface area contributed by atoms with Crippen LogP contribution < -0.4 is 0 Å². The van der Waals surface area contributed by atoms with Crippen LogP contribution in [0.1, 0.15) is 106 Å². The lowest BCUT2D eigenvalue weighted by molar-refractivity contribution is -0.387. The van der Waals surface area contributed by atoms with Gasteiger partial charge in [-0.3, -0.25) is 0 Å². The Morgan fingerprint density at radius 3 is 1.97 bits per heavy atom. The zero-order valence-corrected chi connectivity index (χ0v) is 44.4. The minimum absolute atomic E-state index is 0.00435. The quantitative estimate of drug-likeness (QED) is 0.0710. The molecular weight excluding hydrogens is 1000 g/mol. The molecule has 4 saturated carbocycles. The Labute approximate surface area is 442 Å². The van der Waals surface area contributed by atoms with Gasteiger partial charge in [-0.05, 0) is 111 Å². The fraction of sp³-hybridized carbons (Fsp3) is 0.943. The van der Waals surface area contributed by atoms with Crippen LogP contribution in [0.3, 0.4) is 0 Å². The van der Waals surface area contributed by atoms with Crippen molar-refractivity contribution in [1.82, 2.24) is 0 Å². The fourth-order valence-corrected chi connectivity index (χ4v) is 16.3. The summed E-state index contributed by atoms with van der Waals surface area (Å²) in [6.07, 6.45) is -22.4. The van der Waals surface area contributed by atoms with Crippen molar-refractivity contribution in [2.45, 2.75) is 229 Å². The first-order valence-corrected chi connectivity index (χ1v) is 27.4. The average Bonchev–Trinajstić information content (AvgIpc) is 3.54. The van der Waals surface area contributed by atoms with Crippen LogP contribution in [-0.2, 0) is 42.7 Å². The predicted octanol–water partition coefficient (Wildman–Crippen LogP) is -1.86. The van der Waals surface area contributed by atoms with E-state index in [-0.39, 0.29) is 59.2 Å². The van der Waals surface area contributed by atoms with Crippen molar-refractivity contribution in [2.24, 2.45) is 50.2 Å². The minimum Gasteiger partial charge on any atom is -0.479 e. The molecule has 0 radical (unpaired) electrons. The van der Waals surface area contributed by atoms with Gasteiger partial charge in [-0.25, -0.2) is 4.79 Å². The summed E-state index contributed by atoms with van der Waals surface area (Å²) in [6, 6.07) is 0. The number of aliphatic hydroxyl groups is 13. The Morgan fingerprint density at radius 1 is 0.645 bits per heavy atom. The first-order chi connectivity index (χ1) is 35.7. The van der Waals surface area contributed by atoms with Gasteiger partial charge >= 0.3 is 5.97 Å². The second kappa shape index (κ2) is 21.6. The van der Waals surface area contributed by atoms with Gasteiger partial charge in [-0.2, -0.15) is 0 Å². The number of aliphatic hydroxyl groups excluding tert-OH is 13. The lowest BCUT2D eigenvalue weighted by Crippen LogP contribution is -2.68. The minimum atomic E-state index is -2.06. The van der Waals surface area contributed by atoms with Crippen molar-refractivity contribution >= 4 is 5.97 Å². The number of aliphatic carboxylic acids is 1. The highest BCUT2D eigenvalue weighted by atomic mass is 16.8. The first kappa shape index (κ1) is 59.0.